The molecule has 0 unspecified atom stereocenters. The third-order valence-corrected chi connectivity index (χ3v) is 4.56. The van der Waals surface area contributed by atoms with Crippen LogP contribution in [0, 0.1) is 12.7 Å². The predicted molar refractivity (Wildman–Crippen MR) is 103 cm³/mol. The number of carbonyl (C=O) groups is 1. The van der Waals surface area contributed by atoms with Crippen LogP contribution in [0.4, 0.5) is 21.8 Å². The van der Waals surface area contributed by atoms with Crippen molar-refractivity contribution in [2.24, 2.45) is 0 Å². The van der Waals surface area contributed by atoms with Gasteiger partial charge in [0, 0.05) is 43.6 Å². The van der Waals surface area contributed by atoms with Gasteiger partial charge in [-0.3, -0.25) is 4.79 Å². The molecule has 2 aromatic heterocycles. The monoisotopic (exact) mass is 381 g/mol. The molecule has 7 nitrogen and oxygen atoms in total. The molecule has 1 aliphatic rings. The summed E-state index contributed by atoms with van der Waals surface area (Å²) in [6.07, 6.45) is 1.50. The lowest BCUT2D eigenvalue weighted by molar-refractivity contribution is 0.0714. The molecule has 28 heavy (non-hydrogen) atoms. The molecule has 1 aromatic carbocycles. The van der Waals surface area contributed by atoms with E-state index in [1.807, 2.05) is 13.0 Å². The smallest absolute Gasteiger partial charge is 0.289 e. The molecule has 0 atom stereocenters. The van der Waals surface area contributed by atoms with Crippen molar-refractivity contribution in [2.45, 2.75) is 6.92 Å². The fourth-order valence-electron chi connectivity index (χ4n) is 3.13. The number of nitrogens with zero attached hydrogens (tertiary/aromatic N) is 4. The molecule has 1 N–H and O–H groups in total. The lowest BCUT2D eigenvalue weighted by atomic mass is 10.2. The van der Waals surface area contributed by atoms with Gasteiger partial charge in [-0.05, 0) is 43.3 Å². The van der Waals surface area contributed by atoms with Crippen LogP contribution in [0.3, 0.4) is 0 Å². The second kappa shape index (κ2) is 7.67. The van der Waals surface area contributed by atoms with Crippen LogP contribution in [0.2, 0.25) is 0 Å². The van der Waals surface area contributed by atoms with Crippen molar-refractivity contribution in [3.63, 3.8) is 0 Å². The van der Waals surface area contributed by atoms with Gasteiger partial charge in [-0.2, -0.15) is 4.98 Å². The molecule has 0 spiro atoms. The Hall–Kier alpha value is -3.42. The molecule has 144 valence electrons. The van der Waals surface area contributed by atoms with E-state index in [2.05, 4.69) is 20.2 Å². The molecule has 8 heteroatoms. The van der Waals surface area contributed by atoms with E-state index in [9.17, 15) is 9.18 Å². The highest BCUT2D eigenvalue weighted by Gasteiger charge is 2.24. The van der Waals surface area contributed by atoms with E-state index in [-0.39, 0.29) is 11.7 Å². The summed E-state index contributed by atoms with van der Waals surface area (Å²) >= 11 is 0. The number of aromatic nitrogens is 2. The lowest BCUT2D eigenvalue weighted by Crippen LogP contribution is -2.49. The molecule has 1 amide bonds. The summed E-state index contributed by atoms with van der Waals surface area (Å²) < 4.78 is 18.3. The van der Waals surface area contributed by atoms with Crippen molar-refractivity contribution in [3.8, 4) is 0 Å². The quantitative estimate of drug-likeness (QED) is 0.748. The zero-order chi connectivity index (χ0) is 19.5. The third-order valence-electron chi connectivity index (χ3n) is 4.56. The molecule has 4 rings (SSSR count). The van der Waals surface area contributed by atoms with Crippen molar-refractivity contribution < 1.29 is 13.6 Å². The Balaban J connectivity index is 1.44. The van der Waals surface area contributed by atoms with Crippen molar-refractivity contribution in [1.82, 2.24) is 14.9 Å². The normalized spacial score (nSPS) is 14.2. The summed E-state index contributed by atoms with van der Waals surface area (Å²) in [6.45, 7) is 4.40. The Kier molecular flexibility index (Phi) is 4.92. The first-order chi connectivity index (χ1) is 13.6. The molecule has 0 aliphatic carbocycles. The Morgan fingerprint density at radius 1 is 1.11 bits per heavy atom. The Morgan fingerprint density at radius 2 is 1.86 bits per heavy atom. The molecule has 1 aliphatic heterocycles. The van der Waals surface area contributed by atoms with E-state index in [1.54, 1.807) is 29.2 Å². The number of aryl methyl sites for hydroxylation is 1. The van der Waals surface area contributed by atoms with E-state index < -0.39 is 0 Å². The average Bonchev–Trinajstić information content (AvgIpc) is 3.24. The summed E-state index contributed by atoms with van der Waals surface area (Å²) in [4.78, 5) is 25.3. The largest absolute Gasteiger partial charge is 0.459 e. The van der Waals surface area contributed by atoms with Gasteiger partial charge >= 0.3 is 0 Å². The van der Waals surface area contributed by atoms with Crippen LogP contribution in [0.25, 0.3) is 0 Å². The Labute approximate surface area is 161 Å². The maximum absolute atomic E-state index is 13.1. The average molecular weight is 381 g/mol. The Bertz CT molecular complexity index is 951. The SMILES string of the molecule is Cc1cc(N2CCN(C(=O)c3ccco3)CC2)nc(Nc2ccc(F)cc2)n1. The number of amides is 1. The third kappa shape index (κ3) is 3.95. The van der Waals surface area contributed by atoms with Gasteiger partial charge in [0.15, 0.2) is 5.76 Å². The zero-order valence-corrected chi connectivity index (χ0v) is 15.4. The Morgan fingerprint density at radius 3 is 2.54 bits per heavy atom. The van der Waals surface area contributed by atoms with E-state index in [4.69, 9.17) is 4.42 Å². The molecule has 3 aromatic rings. The van der Waals surface area contributed by atoms with Crippen LogP contribution in [-0.2, 0) is 0 Å². The number of anilines is 3. The number of benzene rings is 1. The second-order valence-corrected chi connectivity index (χ2v) is 6.58. The number of rotatable bonds is 4. The molecule has 0 saturated carbocycles. The minimum absolute atomic E-state index is 0.0952. The highest BCUT2D eigenvalue weighted by Crippen LogP contribution is 2.20. The topological polar surface area (TPSA) is 74.5 Å². The van der Waals surface area contributed by atoms with E-state index in [1.165, 1.54) is 18.4 Å². The number of piperazine rings is 1. The molecular weight excluding hydrogens is 361 g/mol. The lowest BCUT2D eigenvalue weighted by Gasteiger charge is -2.35. The van der Waals surface area contributed by atoms with Gasteiger partial charge in [-0.15, -0.1) is 0 Å². The number of hydrogen-bond acceptors (Lipinski definition) is 6. The first kappa shape index (κ1) is 18.0. The van der Waals surface area contributed by atoms with Crippen LogP contribution in [-0.4, -0.2) is 47.0 Å². The van der Waals surface area contributed by atoms with E-state index in [0.29, 0.717) is 43.6 Å². The minimum atomic E-state index is -0.293. The van der Waals surface area contributed by atoms with Gasteiger partial charge in [-0.1, -0.05) is 0 Å². The van der Waals surface area contributed by atoms with E-state index >= 15 is 0 Å². The first-order valence-electron chi connectivity index (χ1n) is 9.04. The van der Waals surface area contributed by atoms with Crippen molar-refractivity contribution >= 4 is 23.4 Å². The molecule has 0 radical (unpaired) electrons. The van der Waals surface area contributed by atoms with Crippen LogP contribution < -0.4 is 10.2 Å². The number of nitrogens with one attached hydrogen (secondary N) is 1. The molecule has 3 heterocycles. The van der Waals surface area contributed by atoms with Gasteiger partial charge in [0.2, 0.25) is 5.95 Å². The molecule has 1 fully saturated rings. The van der Waals surface area contributed by atoms with Gasteiger partial charge < -0.3 is 19.5 Å². The number of halogens is 1. The summed E-state index contributed by atoms with van der Waals surface area (Å²) in [5.74, 6) is 1.22. The predicted octanol–water partition coefficient (Wildman–Crippen LogP) is 3.22. The first-order valence-corrected chi connectivity index (χ1v) is 9.04. The fourth-order valence-corrected chi connectivity index (χ4v) is 3.13. The second-order valence-electron chi connectivity index (χ2n) is 6.58. The van der Waals surface area contributed by atoms with Crippen LogP contribution in [0.5, 0.6) is 0 Å². The summed E-state index contributed by atoms with van der Waals surface area (Å²) in [6, 6.07) is 11.3. The van der Waals surface area contributed by atoms with Crippen LogP contribution in [0.15, 0.2) is 53.1 Å². The van der Waals surface area contributed by atoms with Crippen molar-refractivity contribution in [3.05, 3.63) is 66.0 Å². The minimum Gasteiger partial charge on any atom is -0.459 e. The van der Waals surface area contributed by atoms with Crippen LogP contribution >= 0.6 is 0 Å². The van der Waals surface area contributed by atoms with Crippen molar-refractivity contribution in [2.75, 3.05) is 36.4 Å². The van der Waals surface area contributed by atoms with Gasteiger partial charge in [-0.25, -0.2) is 9.37 Å². The molecule has 1 saturated heterocycles. The summed E-state index contributed by atoms with van der Waals surface area (Å²) in [5, 5.41) is 3.10. The maximum Gasteiger partial charge on any atom is 0.289 e. The highest BCUT2D eigenvalue weighted by molar-refractivity contribution is 5.91. The van der Waals surface area contributed by atoms with Gasteiger partial charge in [0.1, 0.15) is 11.6 Å². The van der Waals surface area contributed by atoms with E-state index in [0.717, 1.165) is 11.5 Å². The van der Waals surface area contributed by atoms with Gasteiger partial charge in [0.05, 0.1) is 6.26 Å². The summed E-state index contributed by atoms with van der Waals surface area (Å²) in [5.41, 5.74) is 1.54. The molecular formula is C20H20FN5O2. The summed E-state index contributed by atoms with van der Waals surface area (Å²) in [7, 11) is 0. The number of hydrogen-bond donors (Lipinski definition) is 1. The fraction of sp³-hybridized carbons (Fsp3) is 0.250. The highest BCUT2D eigenvalue weighted by atomic mass is 19.1. The number of furan rings is 1. The van der Waals surface area contributed by atoms with Crippen LogP contribution in [0.1, 0.15) is 16.2 Å². The molecule has 0 bridgehead atoms. The van der Waals surface area contributed by atoms with Gasteiger partial charge in [0.25, 0.3) is 5.91 Å². The maximum atomic E-state index is 13.1. The standard InChI is InChI=1S/C20H20FN5O2/c1-14-13-18(24-20(22-14)23-16-6-4-15(21)5-7-16)25-8-10-26(11-9-25)19(27)17-3-2-12-28-17/h2-7,12-13H,8-11H2,1H3,(H,22,23,24). The van der Waals surface area contributed by atoms with Crippen molar-refractivity contribution in [1.29, 1.82) is 0 Å². The number of carbonyl (C=O) groups excluding carboxylic acids is 1. The zero-order valence-electron chi connectivity index (χ0n) is 15.4.